The molecule has 0 saturated carbocycles. The van der Waals surface area contributed by atoms with Crippen molar-refractivity contribution < 1.29 is 0 Å². The Morgan fingerprint density at radius 1 is 1.21 bits per heavy atom. The smallest absolute Gasteiger partial charge is 0.198 e. The third kappa shape index (κ3) is 1.65. The summed E-state index contributed by atoms with van der Waals surface area (Å²) in [6.45, 7) is 0. The van der Waals surface area contributed by atoms with Crippen LogP contribution < -0.4 is 5.73 Å². The van der Waals surface area contributed by atoms with Crippen molar-refractivity contribution in [1.29, 1.82) is 0 Å². The molecule has 0 aliphatic heterocycles. The summed E-state index contributed by atoms with van der Waals surface area (Å²) in [5.41, 5.74) is 7.70. The van der Waals surface area contributed by atoms with E-state index in [0.29, 0.717) is 10.6 Å². The molecule has 14 heavy (non-hydrogen) atoms. The van der Waals surface area contributed by atoms with Crippen LogP contribution in [0.5, 0.6) is 0 Å². The van der Waals surface area contributed by atoms with Crippen LogP contribution in [0.25, 0.3) is 11.1 Å². The molecular weight excluding hydrogens is 194 g/mol. The number of aromatic nitrogens is 2. The maximum Gasteiger partial charge on any atom is 0.198 e. The summed E-state index contributed by atoms with van der Waals surface area (Å²) in [4.78, 5) is 6.81. The summed E-state index contributed by atoms with van der Waals surface area (Å²) < 4.78 is 0.405. The minimum absolute atomic E-state index is 0.405. The van der Waals surface area contributed by atoms with Gasteiger partial charge >= 0.3 is 0 Å². The molecule has 1 aromatic carbocycles. The molecule has 3 N–H and O–H groups in total. The lowest BCUT2D eigenvalue weighted by Crippen LogP contribution is -1.95. The summed E-state index contributed by atoms with van der Waals surface area (Å²) in [5.74, 6) is 0.552. The van der Waals surface area contributed by atoms with Gasteiger partial charge in [-0.2, -0.15) is 0 Å². The van der Waals surface area contributed by atoms with Gasteiger partial charge in [0.1, 0.15) is 5.82 Å². The molecule has 0 saturated heterocycles. The Morgan fingerprint density at radius 3 is 2.57 bits per heavy atom. The monoisotopic (exact) mass is 203 g/mol. The normalized spacial score (nSPS) is 10.0. The van der Waals surface area contributed by atoms with E-state index in [9.17, 15) is 0 Å². The van der Waals surface area contributed by atoms with E-state index in [1.807, 2.05) is 30.3 Å². The van der Waals surface area contributed by atoms with Gasteiger partial charge in [0.2, 0.25) is 0 Å². The van der Waals surface area contributed by atoms with Gasteiger partial charge in [0.25, 0.3) is 0 Å². The van der Waals surface area contributed by atoms with Crippen LogP contribution in [0, 0.1) is 4.77 Å². The highest BCUT2D eigenvalue weighted by Gasteiger charge is 2.01. The number of benzene rings is 1. The summed E-state index contributed by atoms with van der Waals surface area (Å²) >= 11 is 4.86. The van der Waals surface area contributed by atoms with Crippen LogP contribution in [0.3, 0.4) is 0 Å². The highest BCUT2D eigenvalue weighted by Crippen LogP contribution is 2.22. The van der Waals surface area contributed by atoms with Crippen molar-refractivity contribution in [2.45, 2.75) is 0 Å². The number of H-pyrrole nitrogens is 1. The van der Waals surface area contributed by atoms with Gasteiger partial charge in [0.05, 0.1) is 0 Å². The molecule has 0 unspecified atom stereocenters. The van der Waals surface area contributed by atoms with Crippen molar-refractivity contribution >= 4 is 18.0 Å². The minimum Gasteiger partial charge on any atom is -0.385 e. The maximum absolute atomic E-state index is 5.79. The predicted molar refractivity (Wildman–Crippen MR) is 59.3 cm³/mol. The number of aromatic amines is 1. The molecule has 4 heteroatoms. The fraction of sp³-hybridized carbons (Fsp3) is 0. The Bertz CT molecular complexity index is 490. The maximum atomic E-state index is 5.79. The molecule has 3 nitrogen and oxygen atoms in total. The highest BCUT2D eigenvalue weighted by molar-refractivity contribution is 7.71. The second-order valence-electron chi connectivity index (χ2n) is 2.88. The van der Waals surface area contributed by atoms with E-state index in [0.717, 1.165) is 11.1 Å². The first-order chi connectivity index (χ1) is 6.77. The van der Waals surface area contributed by atoms with E-state index < -0.39 is 0 Å². The average molecular weight is 203 g/mol. The van der Waals surface area contributed by atoms with Crippen LogP contribution in [0.2, 0.25) is 0 Å². The second kappa shape index (κ2) is 3.59. The van der Waals surface area contributed by atoms with Gasteiger partial charge in [0, 0.05) is 11.8 Å². The fourth-order valence-electron chi connectivity index (χ4n) is 1.26. The average Bonchev–Trinajstić information content (AvgIpc) is 2.19. The van der Waals surface area contributed by atoms with Gasteiger partial charge in [-0.25, -0.2) is 4.98 Å². The Balaban J connectivity index is 2.58. The molecular formula is C10H9N3S. The van der Waals surface area contributed by atoms with Crippen molar-refractivity contribution in [3.8, 4) is 11.1 Å². The van der Waals surface area contributed by atoms with Gasteiger partial charge < -0.3 is 10.7 Å². The summed E-state index contributed by atoms with van der Waals surface area (Å²) in [5, 5.41) is 0. The summed E-state index contributed by atoms with van der Waals surface area (Å²) in [6, 6.07) is 9.82. The third-order valence-corrected chi connectivity index (χ3v) is 2.13. The van der Waals surface area contributed by atoms with Crippen molar-refractivity contribution in [3.63, 3.8) is 0 Å². The van der Waals surface area contributed by atoms with Gasteiger partial charge in [-0.3, -0.25) is 0 Å². The largest absolute Gasteiger partial charge is 0.385 e. The number of hydrogen-bond donors (Lipinski definition) is 2. The van der Waals surface area contributed by atoms with Crippen LogP contribution >= 0.6 is 12.2 Å². The van der Waals surface area contributed by atoms with Gasteiger partial charge in [-0.05, 0) is 17.8 Å². The van der Waals surface area contributed by atoms with E-state index in [1.54, 1.807) is 6.20 Å². The van der Waals surface area contributed by atoms with Crippen molar-refractivity contribution in [1.82, 2.24) is 9.97 Å². The number of anilines is 1. The Morgan fingerprint density at radius 2 is 1.93 bits per heavy atom. The van der Waals surface area contributed by atoms with Crippen LogP contribution in [0.15, 0.2) is 36.5 Å². The standard InChI is InChI=1S/C10H9N3S/c11-9-8(6-12-10(14)13-9)7-4-2-1-3-5-7/h1-6H,(H3,11,12,13,14). The first-order valence-electron chi connectivity index (χ1n) is 4.17. The minimum atomic E-state index is 0.405. The lowest BCUT2D eigenvalue weighted by atomic mass is 10.1. The number of hydrogen-bond acceptors (Lipinski definition) is 3. The Kier molecular flexibility index (Phi) is 2.28. The number of nitrogens with one attached hydrogen (secondary N) is 1. The van der Waals surface area contributed by atoms with E-state index in [4.69, 9.17) is 18.0 Å². The molecule has 0 spiro atoms. The zero-order chi connectivity index (χ0) is 9.97. The van der Waals surface area contributed by atoms with E-state index >= 15 is 0 Å². The lowest BCUT2D eigenvalue weighted by Gasteiger charge is -2.03. The quantitative estimate of drug-likeness (QED) is 0.700. The zero-order valence-corrected chi connectivity index (χ0v) is 8.21. The Hall–Kier alpha value is -1.68. The number of nitrogen functional groups attached to an aromatic ring is 1. The van der Waals surface area contributed by atoms with Gasteiger partial charge in [-0.15, -0.1) is 0 Å². The van der Waals surface area contributed by atoms with Gasteiger partial charge in [-0.1, -0.05) is 30.3 Å². The molecule has 1 aromatic heterocycles. The van der Waals surface area contributed by atoms with E-state index in [-0.39, 0.29) is 0 Å². The van der Waals surface area contributed by atoms with Crippen LogP contribution in [-0.4, -0.2) is 9.97 Å². The fourth-order valence-corrected chi connectivity index (χ4v) is 1.42. The molecule has 0 aliphatic carbocycles. The topological polar surface area (TPSA) is 54.7 Å². The molecule has 1 heterocycles. The third-order valence-electron chi connectivity index (χ3n) is 1.93. The van der Waals surface area contributed by atoms with Crippen LogP contribution in [0.1, 0.15) is 0 Å². The zero-order valence-electron chi connectivity index (χ0n) is 7.40. The molecule has 0 fully saturated rings. The molecule has 2 rings (SSSR count). The number of nitrogens with zero attached hydrogens (tertiary/aromatic N) is 1. The van der Waals surface area contributed by atoms with E-state index in [2.05, 4.69) is 9.97 Å². The molecule has 0 radical (unpaired) electrons. The summed E-state index contributed by atoms with van der Waals surface area (Å²) in [7, 11) is 0. The van der Waals surface area contributed by atoms with Crippen molar-refractivity contribution in [2.75, 3.05) is 5.73 Å². The summed E-state index contributed by atoms with van der Waals surface area (Å²) in [6.07, 6.45) is 1.68. The predicted octanol–water partition coefficient (Wildman–Crippen LogP) is 2.39. The molecule has 0 bridgehead atoms. The first-order valence-corrected chi connectivity index (χ1v) is 4.58. The Labute approximate surface area is 86.6 Å². The molecule has 0 aliphatic rings. The van der Waals surface area contributed by atoms with E-state index in [1.165, 1.54) is 0 Å². The molecule has 70 valence electrons. The number of rotatable bonds is 1. The second-order valence-corrected chi connectivity index (χ2v) is 3.27. The first kappa shape index (κ1) is 8.90. The SMILES string of the molecule is Nc1[nH]c(=S)ncc1-c1ccccc1. The highest BCUT2D eigenvalue weighted by atomic mass is 32.1. The number of nitrogens with two attached hydrogens (primary N) is 1. The van der Waals surface area contributed by atoms with Gasteiger partial charge in [0.15, 0.2) is 4.77 Å². The van der Waals surface area contributed by atoms with Crippen LogP contribution in [-0.2, 0) is 0 Å². The van der Waals surface area contributed by atoms with Crippen LogP contribution in [0.4, 0.5) is 5.82 Å². The molecule has 2 aromatic rings. The molecule has 0 atom stereocenters. The van der Waals surface area contributed by atoms with Crippen molar-refractivity contribution in [2.24, 2.45) is 0 Å². The lowest BCUT2D eigenvalue weighted by molar-refractivity contribution is 1.15. The van der Waals surface area contributed by atoms with Crippen molar-refractivity contribution in [3.05, 3.63) is 41.3 Å². The molecule has 0 amide bonds.